The normalized spacial score (nSPS) is 12.8. The SMILES string of the molecule is CCC(NC(=O)C(N)CC(C)C)C(=O)C(=O)NCc1cc(OC)cc(OC)c1. The molecule has 0 saturated carbocycles. The van der Waals surface area contributed by atoms with Gasteiger partial charge in [0.1, 0.15) is 11.5 Å². The van der Waals surface area contributed by atoms with E-state index in [4.69, 9.17) is 15.2 Å². The Labute approximate surface area is 166 Å². The first-order valence-corrected chi connectivity index (χ1v) is 9.31. The summed E-state index contributed by atoms with van der Waals surface area (Å²) in [5.74, 6) is -0.506. The van der Waals surface area contributed by atoms with E-state index in [9.17, 15) is 14.4 Å². The highest BCUT2D eigenvalue weighted by atomic mass is 16.5. The Kier molecular flexibility index (Phi) is 9.44. The topological polar surface area (TPSA) is 120 Å². The molecule has 1 rings (SSSR count). The Bertz CT molecular complexity index is 668. The van der Waals surface area contributed by atoms with Crippen molar-refractivity contribution < 1.29 is 23.9 Å². The first kappa shape index (κ1) is 23.4. The predicted molar refractivity (Wildman–Crippen MR) is 106 cm³/mol. The van der Waals surface area contributed by atoms with Crippen LogP contribution in [0.1, 0.15) is 39.2 Å². The lowest BCUT2D eigenvalue weighted by Crippen LogP contribution is -2.51. The molecule has 28 heavy (non-hydrogen) atoms. The molecule has 0 bridgehead atoms. The molecule has 0 saturated heterocycles. The lowest BCUT2D eigenvalue weighted by molar-refractivity contribution is -0.140. The molecule has 0 aliphatic rings. The maximum absolute atomic E-state index is 12.4. The van der Waals surface area contributed by atoms with E-state index >= 15 is 0 Å². The molecule has 4 N–H and O–H groups in total. The first-order chi connectivity index (χ1) is 13.2. The number of rotatable bonds is 11. The zero-order valence-corrected chi connectivity index (χ0v) is 17.2. The summed E-state index contributed by atoms with van der Waals surface area (Å²) in [6.45, 7) is 5.75. The van der Waals surface area contributed by atoms with E-state index in [0.29, 0.717) is 29.9 Å². The molecule has 1 aromatic carbocycles. The molecule has 2 atom stereocenters. The van der Waals surface area contributed by atoms with E-state index in [-0.39, 0.29) is 12.5 Å². The number of ether oxygens (including phenoxy) is 2. The fraction of sp³-hybridized carbons (Fsp3) is 0.550. The van der Waals surface area contributed by atoms with Crippen molar-refractivity contribution in [3.05, 3.63) is 23.8 Å². The maximum Gasteiger partial charge on any atom is 0.289 e. The molecule has 0 aliphatic heterocycles. The third-order valence-electron chi connectivity index (χ3n) is 4.19. The summed E-state index contributed by atoms with van der Waals surface area (Å²) >= 11 is 0. The second-order valence-electron chi connectivity index (χ2n) is 6.97. The molecule has 0 heterocycles. The molecule has 2 amide bonds. The number of hydrogen-bond donors (Lipinski definition) is 3. The van der Waals surface area contributed by atoms with Crippen molar-refractivity contribution in [2.45, 2.75) is 52.2 Å². The van der Waals surface area contributed by atoms with Crippen LogP contribution in [0.5, 0.6) is 11.5 Å². The van der Waals surface area contributed by atoms with Gasteiger partial charge in [0, 0.05) is 12.6 Å². The number of amides is 2. The van der Waals surface area contributed by atoms with Gasteiger partial charge in [0.05, 0.1) is 26.3 Å². The summed E-state index contributed by atoms with van der Waals surface area (Å²) in [5.41, 5.74) is 6.56. The van der Waals surface area contributed by atoms with Gasteiger partial charge in [-0.2, -0.15) is 0 Å². The number of carbonyl (C=O) groups excluding carboxylic acids is 3. The number of benzene rings is 1. The van der Waals surface area contributed by atoms with E-state index in [2.05, 4.69) is 10.6 Å². The minimum Gasteiger partial charge on any atom is -0.497 e. The van der Waals surface area contributed by atoms with Gasteiger partial charge in [0.15, 0.2) is 0 Å². The van der Waals surface area contributed by atoms with Crippen LogP contribution in [-0.2, 0) is 20.9 Å². The van der Waals surface area contributed by atoms with E-state index in [0.717, 1.165) is 0 Å². The second kappa shape index (κ2) is 11.3. The fourth-order valence-corrected chi connectivity index (χ4v) is 2.64. The first-order valence-electron chi connectivity index (χ1n) is 9.31. The minimum absolute atomic E-state index is 0.120. The third kappa shape index (κ3) is 7.19. The zero-order chi connectivity index (χ0) is 21.3. The van der Waals surface area contributed by atoms with Gasteiger partial charge in [0.2, 0.25) is 11.7 Å². The van der Waals surface area contributed by atoms with Crippen molar-refractivity contribution in [3.8, 4) is 11.5 Å². The monoisotopic (exact) mass is 393 g/mol. The van der Waals surface area contributed by atoms with Crippen molar-refractivity contribution in [3.63, 3.8) is 0 Å². The molecule has 8 heteroatoms. The van der Waals surface area contributed by atoms with Crippen LogP contribution in [0.2, 0.25) is 0 Å². The van der Waals surface area contributed by atoms with Crippen LogP contribution in [0.15, 0.2) is 18.2 Å². The van der Waals surface area contributed by atoms with Gasteiger partial charge in [0.25, 0.3) is 5.91 Å². The highest BCUT2D eigenvalue weighted by Crippen LogP contribution is 2.22. The molecule has 156 valence electrons. The molecule has 8 nitrogen and oxygen atoms in total. The number of nitrogens with one attached hydrogen (secondary N) is 2. The smallest absolute Gasteiger partial charge is 0.289 e. The lowest BCUT2D eigenvalue weighted by Gasteiger charge is -2.19. The zero-order valence-electron chi connectivity index (χ0n) is 17.2. The minimum atomic E-state index is -0.912. The standard InChI is InChI=1S/C20H31N3O5/c1-6-17(23-19(25)16(21)7-12(2)3)18(24)20(26)22-11-13-8-14(27-4)10-15(9-13)28-5/h8-10,12,16-17H,6-7,11,21H2,1-5H3,(H,22,26)(H,23,25). The second-order valence-corrected chi connectivity index (χ2v) is 6.97. The summed E-state index contributed by atoms with van der Waals surface area (Å²) in [6, 6.07) is 3.55. The molecular weight excluding hydrogens is 362 g/mol. The van der Waals surface area contributed by atoms with Crippen LogP contribution in [0, 0.1) is 5.92 Å². The lowest BCUT2D eigenvalue weighted by atomic mass is 10.0. The molecular formula is C20H31N3O5. The van der Waals surface area contributed by atoms with Gasteiger partial charge in [-0.1, -0.05) is 20.8 Å². The fourth-order valence-electron chi connectivity index (χ4n) is 2.64. The molecule has 0 aromatic heterocycles. The van der Waals surface area contributed by atoms with Crippen molar-refractivity contribution in [1.29, 1.82) is 0 Å². The number of Topliss-reactive ketones (excluding diaryl/α,β-unsaturated/α-hetero) is 1. The molecule has 2 unspecified atom stereocenters. The molecule has 0 aliphatic carbocycles. The quantitative estimate of drug-likeness (QED) is 0.485. The highest BCUT2D eigenvalue weighted by molar-refractivity contribution is 6.38. The number of nitrogens with two attached hydrogens (primary N) is 1. The van der Waals surface area contributed by atoms with Crippen molar-refractivity contribution in [1.82, 2.24) is 10.6 Å². The molecule has 0 fully saturated rings. The number of methoxy groups -OCH3 is 2. The largest absolute Gasteiger partial charge is 0.497 e. The van der Waals surface area contributed by atoms with Crippen LogP contribution >= 0.6 is 0 Å². The average Bonchev–Trinajstić information content (AvgIpc) is 2.68. The third-order valence-corrected chi connectivity index (χ3v) is 4.19. The van der Waals surface area contributed by atoms with Crippen LogP contribution in [0.4, 0.5) is 0 Å². The summed E-state index contributed by atoms with van der Waals surface area (Å²) < 4.78 is 10.4. The van der Waals surface area contributed by atoms with Gasteiger partial charge >= 0.3 is 0 Å². The van der Waals surface area contributed by atoms with E-state index in [1.807, 2.05) is 13.8 Å². The van der Waals surface area contributed by atoms with Gasteiger partial charge in [-0.3, -0.25) is 14.4 Å². The number of carbonyl (C=O) groups is 3. The summed E-state index contributed by atoms with van der Waals surface area (Å²) in [7, 11) is 3.05. The van der Waals surface area contributed by atoms with Gasteiger partial charge < -0.3 is 25.8 Å². The van der Waals surface area contributed by atoms with E-state index in [1.54, 1.807) is 25.1 Å². The number of hydrogen-bond acceptors (Lipinski definition) is 6. The maximum atomic E-state index is 12.4. The van der Waals surface area contributed by atoms with Crippen molar-refractivity contribution in [2.24, 2.45) is 11.7 Å². The van der Waals surface area contributed by atoms with Crippen LogP contribution in [0.25, 0.3) is 0 Å². The molecule has 0 spiro atoms. The summed E-state index contributed by atoms with van der Waals surface area (Å²) in [5, 5.41) is 5.14. The van der Waals surface area contributed by atoms with Crippen molar-refractivity contribution in [2.75, 3.05) is 14.2 Å². The van der Waals surface area contributed by atoms with Crippen molar-refractivity contribution >= 4 is 17.6 Å². The Morgan fingerprint density at radius 2 is 1.64 bits per heavy atom. The highest BCUT2D eigenvalue weighted by Gasteiger charge is 2.27. The van der Waals surface area contributed by atoms with Crippen LogP contribution < -0.4 is 25.8 Å². The Morgan fingerprint density at radius 3 is 2.11 bits per heavy atom. The Balaban J connectivity index is 2.69. The predicted octanol–water partition coefficient (Wildman–Crippen LogP) is 1.16. The van der Waals surface area contributed by atoms with Gasteiger partial charge in [-0.15, -0.1) is 0 Å². The van der Waals surface area contributed by atoms with Crippen LogP contribution in [0.3, 0.4) is 0 Å². The molecule has 0 radical (unpaired) electrons. The number of ketones is 1. The summed E-state index contributed by atoms with van der Waals surface area (Å²) in [4.78, 5) is 36.8. The van der Waals surface area contributed by atoms with E-state index < -0.39 is 29.7 Å². The average molecular weight is 393 g/mol. The van der Waals surface area contributed by atoms with Gasteiger partial charge in [-0.25, -0.2) is 0 Å². The Hall–Kier alpha value is -2.61. The molecule has 1 aromatic rings. The summed E-state index contributed by atoms with van der Waals surface area (Å²) in [6.07, 6.45) is 0.791. The van der Waals surface area contributed by atoms with Crippen LogP contribution in [-0.4, -0.2) is 43.9 Å². The van der Waals surface area contributed by atoms with E-state index in [1.165, 1.54) is 14.2 Å². The Morgan fingerprint density at radius 1 is 1.07 bits per heavy atom. The van der Waals surface area contributed by atoms with Gasteiger partial charge in [-0.05, 0) is 36.5 Å².